The van der Waals surface area contributed by atoms with Crippen LogP contribution in [-0.2, 0) is 0 Å². The third kappa shape index (κ3) is 1.80. The second-order valence-electron chi connectivity index (χ2n) is 3.14. The van der Waals surface area contributed by atoms with Crippen molar-refractivity contribution < 1.29 is 9.50 Å². The van der Waals surface area contributed by atoms with Gasteiger partial charge in [0.25, 0.3) is 0 Å². The lowest BCUT2D eigenvalue weighted by Gasteiger charge is -2.14. The molecule has 0 amide bonds. The van der Waals surface area contributed by atoms with E-state index in [0.29, 0.717) is 12.0 Å². The quantitative estimate of drug-likeness (QED) is 0.738. The van der Waals surface area contributed by atoms with E-state index in [2.05, 4.69) is 0 Å². The van der Waals surface area contributed by atoms with E-state index in [9.17, 15) is 9.50 Å². The molecule has 0 aliphatic heterocycles. The molecule has 0 spiro atoms. The molecular weight excluding hydrogens is 169 g/mol. The van der Waals surface area contributed by atoms with Crippen molar-refractivity contribution in [2.24, 2.45) is 5.73 Å². The molecular formula is C10H14FNO. The van der Waals surface area contributed by atoms with Crippen LogP contribution in [-0.4, -0.2) is 5.11 Å². The number of phenolic OH excluding ortho intramolecular Hbond substituents is 1. The SMILES string of the molecule is CCC(N)c1c(C)ccc(F)c1O. The Morgan fingerprint density at radius 2 is 2.15 bits per heavy atom. The molecule has 13 heavy (non-hydrogen) atoms. The fraction of sp³-hybridized carbons (Fsp3) is 0.400. The van der Waals surface area contributed by atoms with Gasteiger partial charge in [0.1, 0.15) is 0 Å². The zero-order chi connectivity index (χ0) is 10.0. The predicted molar refractivity (Wildman–Crippen MR) is 50.0 cm³/mol. The van der Waals surface area contributed by atoms with E-state index in [1.54, 1.807) is 6.07 Å². The summed E-state index contributed by atoms with van der Waals surface area (Å²) in [5, 5.41) is 9.42. The first kappa shape index (κ1) is 9.99. The lowest BCUT2D eigenvalue weighted by Crippen LogP contribution is -2.11. The smallest absolute Gasteiger partial charge is 0.165 e. The van der Waals surface area contributed by atoms with Gasteiger partial charge >= 0.3 is 0 Å². The molecule has 0 fully saturated rings. The zero-order valence-corrected chi connectivity index (χ0v) is 7.84. The number of aryl methyl sites for hydroxylation is 1. The minimum Gasteiger partial charge on any atom is -0.505 e. The molecule has 1 aromatic rings. The van der Waals surface area contributed by atoms with Gasteiger partial charge in [0.05, 0.1) is 0 Å². The second-order valence-corrected chi connectivity index (χ2v) is 3.14. The van der Waals surface area contributed by atoms with Gasteiger partial charge in [-0.3, -0.25) is 0 Å². The van der Waals surface area contributed by atoms with Gasteiger partial charge in [-0.05, 0) is 25.0 Å². The summed E-state index contributed by atoms with van der Waals surface area (Å²) in [6.07, 6.45) is 0.678. The van der Waals surface area contributed by atoms with Gasteiger partial charge < -0.3 is 10.8 Å². The molecule has 1 aromatic carbocycles. The maximum atomic E-state index is 13.0. The number of aromatic hydroxyl groups is 1. The van der Waals surface area contributed by atoms with Crippen LogP contribution in [0.15, 0.2) is 12.1 Å². The first-order chi connectivity index (χ1) is 6.07. The van der Waals surface area contributed by atoms with Crippen molar-refractivity contribution in [1.29, 1.82) is 0 Å². The van der Waals surface area contributed by atoms with Gasteiger partial charge in [-0.2, -0.15) is 0 Å². The Bertz CT molecular complexity index is 312. The van der Waals surface area contributed by atoms with Crippen LogP contribution < -0.4 is 5.73 Å². The lowest BCUT2D eigenvalue weighted by atomic mass is 9.99. The molecule has 0 heterocycles. The molecule has 1 unspecified atom stereocenters. The number of benzene rings is 1. The summed E-state index contributed by atoms with van der Waals surface area (Å²) in [5.41, 5.74) is 7.08. The fourth-order valence-electron chi connectivity index (χ4n) is 1.35. The highest BCUT2D eigenvalue weighted by atomic mass is 19.1. The van der Waals surface area contributed by atoms with Crippen LogP contribution >= 0.6 is 0 Å². The van der Waals surface area contributed by atoms with Crippen molar-refractivity contribution in [2.75, 3.05) is 0 Å². The molecule has 2 nitrogen and oxygen atoms in total. The Hall–Kier alpha value is -1.09. The van der Waals surface area contributed by atoms with Crippen LogP contribution in [0.25, 0.3) is 0 Å². The van der Waals surface area contributed by atoms with Crippen LogP contribution in [0.5, 0.6) is 5.75 Å². The predicted octanol–water partition coefficient (Wildman–Crippen LogP) is 2.25. The Kier molecular flexibility index (Phi) is 2.88. The molecule has 0 radical (unpaired) electrons. The molecule has 3 heteroatoms. The Morgan fingerprint density at radius 1 is 1.54 bits per heavy atom. The van der Waals surface area contributed by atoms with E-state index in [1.165, 1.54) is 6.07 Å². The maximum Gasteiger partial charge on any atom is 0.165 e. The van der Waals surface area contributed by atoms with Gasteiger partial charge in [-0.15, -0.1) is 0 Å². The minimum atomic E-state index is -0.607. The standard InChI is InChI=1S/C10H14FNO/c1-3-8(12)9-6(2)4-5-7(11)10(9)13/h4-5,8,13H,3,12H2,1-2H3. The summed E-state index contributed by atoms with van der Waals surface area (Å²) in [7, 11) is 0. The molecule has 0 aliphatic carbocycles. The normalized spacial score (nSPS) is 12.9. The topological polar surface area (TPSA) is 46.2 Å². The Morgan fingerprint density at radius 3 is 2.69 bits per heavy atom. The van der Waals surface area contributed by atoms with Crippen LogP contribution in [0, 0.1) is 12.7 Å². The highest BCUT2D eigenvalue weighted by molar-refractivity contribution is 5.41. The Balaban J connectivity index is 3.25. The number of rotatable bonds is 2. The molecule has 0 saturated heterocycles. The molecule has 1 rings (SSSR count). The molecule has 0 aliphatic rings. The fourth-order valence-corrected chi connectivity index (χ4v) is 1.35. The van der Waals surface area contributed by atoms with E-state index >= 15 is 0 Å². The van der Waals surface area contributed by atoms with Gasteiger partial charge in [-0.1, -0.05) is 13.0 Å². The van der Waals surface area contributed by atoms with Gasteiger partial charge in [-0.25, -0.2) is 4.39 Å². The van der Waals surface area contributed by atoms with Crippen LogP contribution in [0.2, 0.25) is 0 Å². The number of halogens is 1. The highest BCUT2D eigenvalue weighted by Gasteiger charge is 2.15. The van der Waals surface area contributed by atoms with E-state index in [-0.39, 0.29) is 11.8 Å². The molecule has 72 valence electrons. The largest absolute Gasteiger partial charge is 0.505 e. The van der Waals surface area contributed by atoms with Gasteiger partial charge in [0.15, 0.2) is 11.6 Å². The number of hydrogen-bond donors (Lipinski definition) is 2. The highest BCUT2D eigenvalue weighted by Crippen LogP contribution is 2.30. The Labute approximate surface area is 77.2 Å². The first-order valence-corrected chi connectivity index (χ1v) is 4.31. The number of hydrogen-bond acceptors (Lipinski definition) is 2. The molecule has 0 saturated carbocycles. The molecule has 0 aromatic heterocycles. The van der Waals surface area contributed by atoms with Crippen LogP contribution in [0.1, 0.15) is 30.5 Å². The second kappa shape index (κ2) is 3.75. The zero-order valence-electron chi connectivity index (χ0n) is 7.84. The molecule has 3 N–H and O–H groups in total. The van der Waals surface area contributed by atoms with E-state index in [0.717, 1.165) is 5.56 Å². The van der Waals surface area contributed by atoms with Crippen molar-refractivity contribution in [2.45, 2.75) is 26.3 Å². The third-order valence-electron chi connectivity index (χ3n) is 2.20. The van der Waals surface area contributed by atoms with E-state index in [4.69, 9.17) is 5.73 Å². The molecule has 0 bridgehead atoms. The minimum absolute atomic E-state index is 0.296. The van der Waals surface area contributed by atoms with Crippen molar-refractivity contribution >= 4 is 0 Å². The molecule has 1 atom stereocenters. The van der Waals surface area contributed by atoms with Crippen LogP contribution in [0.3, 0.4) is 0 Å². The summed E-state index contributed by atoms with van der Waals surface area (Å²) in [6, 6.07) is 2.58. The summed E-state index contributed by atoms with van der Waals surface area (Å²) >= 11 is 0. The maximum absolute atomic E-state index is 13.0. The van der Waals surface area contributed by atoms with Crippen molar-refractivity contribution in [1.82, 2.24) is 0 Å². The summed E-state index contributed by atoms with van der Waals surface area (Å²) in [4.78, 5) is 0. The number of phenols is 1. The van der Waals surface area contributed by atoms with E-state index in [1.807, 2.05) is 13.8 Å². The summed E-state index contributed by atoms with van der Waals surface area (Å²) < 4.78 is 13.0. The van der Waals surface area contributed by atoms with Crippen LogP contribution in [0.4, 0.5) is 4.39 Å². The van der Waals surface area contributed by atoms with E-state index < -0.39 is 5.82 Å². The average Bonchev–Trinajstić information content (AvgIpc) is 2.12. The number of nitrogens with two attached hydrogens (primary N) is 1. The monoisotopic (exact) mass is 183 g/mol. The van der Waals surface area contributed by atoms with Gasteiger partial charge in [0.2, 0.25) is 0 Å². The van der Waals surface area contributed by atoms with Crippen molar-refractivity contribution in [3.05, 3.63) is 29.1 Å². The van der Waals surface area contributed by atoms with Crippen molar-refractivity contribution in [3.8, 4) is 5.75 Å². The lowest BCUT2D eigenvalue weighted by molar-refractivity contribution is 0.419. The summed E-state index contributed by atoms with van der Waals surface area (Å²) in [6.45, 7) is 3.71. The van der Waals surface area contributed by atoms with Gasteiger partial charge in [0, 0.05) is 11.6 Å². The summed E-state index contributed by atoms with van der Waals surface area (Å²) in [5.74, 6) is -0.918. The average molecular weight is 183 g/mol. The van der Waals surface area contributed by atoms with Crippen molar-refractivity contribution in [3.63, 3.8) is 0 Å². The third-order valence-corrected chi connectivity index (χ3v) is 2.20. The first-order valence-electron chi connectivity index (χ1n) is 4.31.